The fourth-order valence-electron chi connectivity index (χ4n) is 2.04. The quantitative estimate of drug-likeness (QED) is 0.924. The van der Waals surface area contributed by atoms with Crippen LogP contribution in [0.4, 0.5) is 0 Å². The molecule has 0 radical (unpaired) electrons. The number of nitrogens with zero attached hydrogens (tertiary/aromatic N) is 1. The number of hydrogen-bond donors (Lipinski definition) is 1. The van der Waals surface area contributed by atoms with Crippen molar-refractivity contribution in [3.8, 4) is 5.75 Å². The van der Waals surface area contributed by atoms with Crippen molar-refractivity contribution in [2.24, 2.45) is 5.73 Å². The number of ether oxygens (including phenoxy) is 1. The van der Waals surface area contributed by atoms with E-state index in [-0.39, 0.29) is 6.04 Å². The minimum atomic E-state index is -0.110. The minimum Gasteiger partial charge on any atom is -0.496 e. The molecule has 0 spiro atoms. The lowest BCUT2D eigenvalue weighted by Gasteiger charge is -2.16. The van der Waals surface area contributed by atoms with Crippen LogP contribution in [-0.2, 0) is 0 Å². The van der Waals surface area contributed by atoms with Gasteiger partial charge in [0.1, 0.15) is 5.75 Å². The second-order valence-electron chi connectivity index (χ2n) is 4.44. The van der Waals surface area contributed by atoms with Gasteiger partial charge in [0.25, 0.3) is 0 Å². The van der Waals surface area contributed by atoms with Crippen LogP contribution in [0.1, 0.15) is 32.6 Å². The van der Waals surface area contributed by atoms with Crippen molar-refractivity contribution in [1.82, 2.24) is 4.98 Å². The van der Waals surface area contributed by atoms with Gasteiger partial charge in [0.2, 0.25) is 0 Å². The predicted molar refractivity (Wildman–Crippen MR) is 75.3 cm³/mol. The Morgan fingerprint density at radius 2 is 1.94 bits per heavy atom. The van der Waals surface area contributed by atoms with Gasteiger partial charge in [0.05, 0.1) is 18.2 Å². The Morgan fingerprint density at radius 3 is 2.50 bits per heavy atom. The number of thiazole rings is 1. The van der Waals surface area contributed by atoms with Gasteiger partial charge in [-0.15, -0.1) is 11.3 Å². The van der Waals surface area contributed by atoms with E-state index in [4.69, 9.17) is 10.5 Å². The fourth-order valence-corrected chi connectivity index (χ4v) is 2.85. The summed E-state index contributed by atoms with van der Waals surface area (Å²) in [5.74, 6) is 0.906. The second-order valence-corrected chi connectivity index (χ2v) is 5.70. The maximum absolute atomic E-state index is 6.32. The molecule has 2 N–H and O–H groups in total. The van der Waals surface area contributed by atoms with Gasteiger partial charge in [-0.25, -0.2) is 4.98 Å². The molecule has 2 aromatic rings. The van der Waals surface area contributed by atoms with Crippen LogP contribution in [0.2, 0.25) is 0 Å². The number of benzene rings is 1. The minimum absolute atomic E-state index is 0.110. The molecule has 4 heteroatoms. The van der Waals surface area contributed by atoms with E-state index < -0.39 is 0 Å². The first kappa shape index (κ1) is 13.1. The molecular formula is C14H18N2OS. The van der Waals surface area contributed by atoms with Gasteiger partial charge >= 0.3 is 0 Å². The maximum atomic E-state index is 6.32. The van der Waals surface area contributed by atoms with Gasteiger partial charge in [-0.3, -0.25) is 0 Å². The van der Waals surface area contributed by atoms with Gasteiger partial charge in [-0.1, -0.05) is 6.07 Å². The molecule has 3 nitrogen and oxygen atoms in total. The molecule has 0 aliphatic heterocycles. The van der Waals surface area contributed by atoms with Gasteiger partial charge in [-0.2, -0.15) is 0 Å². The van der Waals surface area contributed by atoms with Crippen LogP contribution >= 0.6 is 11.3 Å². The Hall–Kier alpha value is -1.39. The van der Waals surface area contributed by atoms with Crippen molar-refractivity contribution < 1.29 is 4.74 Å². The van der Waals surface area contributed by atoms with Crippen molar-refractivity contribution >= 4 is 11.3 Å². The van der Waals surface area contributed by atoms with Gasteiger partial charge < -0.3 is 10.5 Å². The van der Waals surface area contributed by atoms with Gasteiger partial charge in [0.15, 0.2) is 0 Å². The van der Waals surface area contributed by atoms with E-state index in [0.29, 0.717) is 0 Å². The number of aromatic nitrogens is 1. The first-order valence-corrected chi connectivity index (χ1v) is 6.67. The van der Waals surface area contributed by atoms with Crippen LogP contribution in [-0.4, -0.2) is 12.1 Å². The van der Waals surface area contributed by atoms with Crippen LogP contribution in [0.15, 0.2) is 18.3 Å². The summed E-state index contributed by atoms with van der Waals surface area (Å²) >= 11 is 1.65. The van der Waals surface area contributed by atoms with E-state index in [9.17, 15) is 0 Å². The number of methoxy groups -OCH3 is 1. The number of hydrogen-bond acceptors (Lipinski definition) is 4. The molecule has 1 heterocycles. The molecule has 0 aliphatic carbocycles. The lowest BCUT2D eigenvalue weighted by Crippen LogP contribution is -2.12. The van der Waals surface area contributed by atoms with Crippen LogP contribution in [0.5, 0.6) is 5.75 Å². The van der Waals surface area contributed by atoms with Crippen LogP contribution in [0.25, 0.3) is 0 Å². The van der Waals surface area contributed by atoms with E-state index in [2.05, 4.69) is 18.0 Å². The smallest absolute Gasteiger partial charge is 0.122 e. The average molecular weight is 262 g/mol. The Labute approximate surface area is 112 Å². The zero-order chi connectivity index (χ0) is 13.3. The molecule has 0 aliphatic rings. The normalized spacial score (nSPS) is 12.5. The van der Waals surface area contributed by atoms with Gasteiger partial charge in [0, 0.05) is 11.1 Å². The molecule has 0 amide bonds. The third-order valence-corrected chi connectivity index (χ3v) is 4.06. The maximum Gasteiger partial charge on any atom is 0.122 e. The van der Waals surface area contributed by atoms with Crippen molar-refractivity contribution in [2.45, 2.75) is 26.8 Å². The summed E-state index contributed by atoms with van der Waals surface area (Å²) in [5.41, 5.74) is 9.71. The number of aryl methyl sites for hydroxylation is 3. The lowest BCUT2D eigenvalue weighted by atomic mass is 9.98. The van der Waals surface area contributed by atoms with E-state index in [1.807, 2.05) is 26.1 Å². The van der Waals surface area contributed by atoms with Crippen molar-refractivity contribution in [3.63, 3.8) is 0 Å². The van der Waals surface area contributed by atoms with E-state index >= 15 is 0 Å². The highest BCUT2D eigenvalue weighted by molar-refractivity contribution is 7.11. The lowest BCUT2D eigenvalue weighted by molar-refractivity contribution is 0.411. The van der Waals surface area contributed by atoms with Crippen molar-refractivity contribution in [3.05, 3.63) is 44.9 Å². The summed E-state index contributed by atoms with van der Waals surface area (Å²) < 4.78 is 5.32. The zero-order valence-corrected chi connectivity index (χ0v) is 12.0. The van der Waals surface area contributed by atoms with Crippen LogP contribution in [0, 0.1) is 20.8 Å². The molecular weight excluding hydrogens is 244 g/mol. The summed E-state index contributed by atoms with van der Waals surface area (Å²) in [6.07, 6.45) is 1.86. The Morgan fingerprint density at radius 1 is 1.22 bits per heavy atom. The molecule has 96 valence electrons. The summed E-state index contributed by atoms with van der Waals surface area (Å²) in [4.78, 5) is 5.36. The first-order chi connectivity index (χ1) is 8.52. The molecule has 0 bridgehead atoms. The SMILES string of the molecule is COc1cc(C)c(C(N)c2cnc(C)s2)cc1C. The predicted octanol–water partition coefficient (Wildman–Crippen LogP) is 3.13. The molecule has 1 unspecified atom stereocenters. The fraction of sp³-hybridized carbons (Fsp3) is 0.357. The van der Waals surface area contributed by atoms with Crippen LogP contribution in [0.3, 0.4) is 0 Å². The zero-order valence-electron chi connectivity index (χ0n) is 11.2. The Bertz CT molecular complexity index is 563. The second kappa shape index (κ2) is 5.08. The monoisotopic (exact) mass is 262 g/mol. The van der Waals surface area contributed by atoms with E-state index in [1.54, 1.807) is 18.4 Å². The molecule has 1 aromatic carbocycles. The molecule has 1 atom stereocenters. The highest BCUT2D eigenvalue weighted by Crippen LogP contribution is 2.30. The van der Waals surface area contributed by atoms with Crippen molar-refractivity contribution in [1.29, 1.82) is 0 Å². The Kier molecular flexibility index (Phi) is 3.68. The standard InChI is InChI=1S/C14H18N2OS/c1-8-6-12(17-4)9(2)5-11(8)14(15)13-7-16-10(3)18-13/h5-7,14H,15H2,1-4H3. The summed E-state index contributed by atoms with van der Waals surface area (Å²) in [7, 11) is 1.69. The summed E-state index contributed by atoms with van der Waals surface area (Å²) in [5, 5.41) is 1.04. The number of rotatable bonds is 3. The average Bonchev–Trinajstić information content (AvgIpc) is 2.77. The largest absolute Gasteiger partial charge is 0.496 e. The Balaban J connectivity index is 2.42. The molecule has 0 saturated carbocycles. The summed E-state index contributed by atoms with van der Waals surface area (Å²) in [6, 6.07) is 4.03. The van der Waals surface area contributed by atoms with Crippen molar-refractivity contribution in [2.75, 3.05) is 7.11 Å². The molecule has 1 aromatic heterocycles. The first-order valence-electron chi connectivity index (χ1n) is 5.86. The highest BCUT2D eigenvalue weighted by Gasteiger charge is 2.15. The summed E-state index contributed by atoms with van der Waals surface area (Å²) in [6.45, 7) is 6.09. The topological polar surface area (TPSA) is 48.1 Å². The highest BCUT2D eigenvalue weighted by atomic mass is 32.1. The molecule has 0 fully saturated rings. The van der Waals surface area contributed by atoms with Gasteiger partial charge in [-0.05, 0) is 43.5 Å². The molecule has 2 rings (SSSR count). The molecule has 0 saturated heterocycles. The molecule has 18 heavy (non-hydrogen) atoms. The van der Waals surface area contributed by atoms with E-state index in [1.165, 1.54) is 0 Å². The van der Waals surface area contributed by atoms with Crippen LogP contribution < -0.4 is 10.5 Å². The number of nitrogens with two attached hydrogens (primary N) is 1. The third kappa shape index (κ3) is 2.40. The van der Waals surface area contributed by atoms with E-state index in [0.717, 1.165) is 32.3 Å². The third-order valence-electron chi connectivity index (χ3n) is 3.06.